The molecule has 0 amide bonds. The van der Waals surface area contributed by atoms with Crippen LogP contribution < -0.4 is 15.8 Å². The molecule has 1 heterocycles. The minimum atomic E-state index is 0.534. The van der Waals surface area contributed by atoms with E-state index < -0.39 is 0 Å². The number of ether oxygens (including phenoxy) is 1. The average molecular weight is 234 g/mol. The molecule has 1 aliphatic rings. The molecule has 3 heteroatoms. The first-order chi connectivity index (χ1) is 8.26. The fourth-order valence-electron chi connectivity index (χ4n) is 2.81. The Morgan fingerprint density at radius 1 is 1.47 bits per heavy atom. The van der Waals surface area contributed by atoms with E-state index >= 15 is 0 Å². The second-order valence-electron chi connectivity index (χ2n) is 4.76. The summed E-state index contributed by atoms with van der Waals surface area (Å²) in [6.07, 6.45) is 2.26. The van der Waals surface area contributed by atoms with E-state index in [4.69, 9.17) is 10.5 Å². The van der Waals surface area contributed by atoms with Gasteiger partial charge in [0.05, 0.1) is 7.11 Å². The molecule has 0 spiro atoms. The second kappa shape index (κ2) is 5.52. The van der Waals surface area contributed by atoms with E-state index in [1.807, 2.05) is 0 Å². The molecule has 3 nitrogen and oxygen atoms in total. The first-order valence-electron chi connectivity index (χ1n) is 6.34. The zero-order valence-electron chi connectivity index (χ0n) is 10.7. The Hall–Kier alpha value is -1.06. The lowest BCUT2D eigenvalue weighted by Crippen LogP contribution is -2.28. The van der Waals surface area contributed by atoms with Crippen molar-refractivity contribution in [3.63, 3.8) is 0 Å². The summed E-state index contributed by atoms with van der Waals surface area (Å²) in [5, 5.41) is 3.55. The van der Waals surface area contributed by atoms with Gasteiger partial charge >= 0.3 is 0 Å². The molecular formula is C14H22N2O. The summed E-state index contributed by atoms with van der Waals surface area (Å²) in [4.78, 5) is 0. The van der Waals surface area contributed by atoms with E-state index in [2.05, 4.69) is 30.4 Å². The van der Waals surface area contributed by atoms with Gasteiger partial charge in [0.2, 0.25) is 0 Å². The predicted molar refractivity (Wildman–Crippen MR) is 70.6 cm³/mol. The zero-order chi connectivity index (χ0) is 12.3. The Bertz CT molecular complexity index is 378. The molecule has 2 rings (SSSR count). The zero-order valence-corrected chi connectivity index (χ0v) is 10.7. The van der Waals surface area contributed by atoms with Crippen LogP contribution in [-0.2, 0) is 0 Å². The van der Waals surface area contributed by atoms with E-state index in [1.54, 1.807) is 7.11 Å². The molecule has 1 fully saturated rings. The van der Waals surface area contributed by atoms with Gasteiger partial charge in [-0.1, -0.05) is 6.07 Å². The number of nitrogens with one attached hydrogen (secondary N) is 1. The second-order valence-corrected chi connectivity index (χ2v) is 4.76. The highest BCUT2D eigenvalue weighted by Crippen LogP contribution is 2.32. The molecule has 2 unspecified atom stereocenters. The van der Waals surface area contributed by atoms with Crippen molar-refractivity contribution < 1.29 is 4.74 Å². The molecule has 1 saturated heterocycles. The van der Waals surface area contributed by atoms with Crippen LogP contribution in [0.2, 0.25) is 0 Å². The lowest BCUT2D eigenvalue weighted by Gasteiger charge is -2.21. The van der Waals surface area contributed by atoms with E-state index in [0.717, 1.165) is 25.3 Å². The third kappa shape index (κ3) is 2.61. The van der Waals surface area contributed by atoms with Gasteiger partial charge in [-0.25, -0.2) is 0 Å². The minimum Gasteiger partial charge on any atom is -0.497 e. The number of hydrogen-bond acceptors (Lipinski definition) is 3. The predicted octanol–water partition coefficient (Wildman–Crippen LogP) is 1.80. The third-order valence-electron chi connectivity index (χ3n) is 3.70. The summed E-state index contributed by atoms with van der Waals surface area (Å²) in [7, 11) is 1.71. The summed E-state index contributed by atoms with van der Waals surface area (Å²) < 4.78 is 5.25. The number of hydrogen-bond donors (Lipinski definition) is 2. The molecule has 3 N–H and O–H groups in total. The number of rotatable bonds is 4. The van der Waals surface area contributed by atoms with Crippen LogP contribution in [0.15, 0.2) is 18.2 Å². The van der Waals surface area contributed by atoms with Gasteiger partial charge < -0.3 is 15.8 Å². The van der Waals surface area contributed by atoms with Crippen LogP contribution in [0.1, 0.15) is 29.9 Å². The summed E-state index contributed by atoms with van der Waals surface area (Å²) >= 11 is 0. The highest BCUT2D eigenvalue weighted by atomic mass is 16.5. The summed E-state index contributed by atoms with van der Waals surface area (Å²) in [5.74, 6) is 1.54. The van der Waals surface area contributed by atoms with Crippen LogP contribution in [0, 0.1) is 6.92 Å². The lowest BCUT2D eigenvalue weighted by molar-refractivity contribution is 0.414. The molecule has 1 aliphatic heterocycles. The van der Waals surface area contributed by atoms with Gasteiger partial charge in [0.1, 0.15) is 5.75 Å². The minimum absolute atomic E-state index is 0.534. The fraction of sp³-hybridized carbons (Fsp3) is 0.571. The Kier molecular flexibility index (Phi) is 4.02. The summed E-state index contributed by atoms with van der Waals surface area (Å²) in [5.41, 5.74) is 8.43. The molecule has 1 aromatic carbocycles. The normalized spacial score (nSPS) is 23.9. The summed E-state index contributed by atoms with van der Waals surface area (Å²) in [6.45, 7) is 4.01. The molecular weight excluding hydrogens is 212 g/mol. The highest BCUT2D eigenvalue weighted by Gasteiger charge is 2.28. The topological polar surface area (TPSA) is 47.3 Å². The van der Waals surface area contributed by atoms with Crippen molar-refractivity contribution in [1.29, 1.82) is 0 Å². The number of nitrogens with two attached hydrogens (primary N) is 1. The van der Waals surface area contributed by atoms with E-state index in [0.29, 0.717) is 12.0 Å². The summed E-state index contributed by atoms with van der Waals surface area (Å²) in [6, 6.07) is 6.91. The third-order valence-corrected chi connectivity index (χ3v) is 3.70. The van der Waals surface area contributed by atoms with Crippen LogP contribution in [0.25, 0.3) is 0 Å². The maximum atomic E-state index is 5.67. The molecule has 0 aromatic heterocycles. The largest absolute Gasteiger partial charge is 0.497 e. The van der Waals surface area contributed by atoms with Crippen molar-refractivity contribution in [3.8, 4) is 5.75 Å². The smallest absolute Gasteiger partial charge is 0.119 e. The fourth-order valence-corrected chi connectivity index (χ4v) is 2.81. The molecule has 94 valence electrons. The number of methoxy groups -OCH3 is 1. The first-order valence-corrected chi connectivity index (χ1v) is 6.34. The first kappa shape index (κ1) is 12.4. The quantitative estimate of drug-likeness (QED) is 0.835. The van der Waals surface area contributed by atoms with Gasteiger partial charge in [0.25, 0.3) is 0 Å². The molecule has 0 aliphatic carbocycles. The van der Waals surface area contributed by atoms with Gasteiger partial charge in [0, 0.05) is 12.0 Å². The molecule has 0 bridgehead atoms. The van der Waals surface area contributed by atoms with Gasteiger partial charge in [0.15, 0.2) is 0 Å². The van der Waals surface area contributed by atoms with E-state index in [9.17, 15) is 0 Å². The van der Waals surface area contributed by atoms with Crippen molar-refractivity contribution in [1.82, 2.24) is 5.32 Å². The van der Waals surface area contributed by atoms with Gasteiger partial charge in [-0.15, -0.1) is 0 Å². The standard InChI is InChI=1S/C14H22N2O/c1-10-9-11(17-2)3-4-12(10)13-6-8-16-14(13)5-7-15/h3-4,9,13-14,16H,5-8,15H2,1-2H3. The Morgan fingerprint density at radius 2 is 2.29 bits per heavy atom. The molecule has 0 radical (unpaired) electrons. The van der Waals surface area contributed by atoms with Crippen molar-refractivity contribution >= 4 is 0 Å². The maximum absolute atomic E-state index is 5.67. The molecule has 1 aromatic rings. The van der Waals surface area contributed by atoms with Crippen LogP contribution in [0.5, 0.6) is 5.75 Å². The molecule has 17 heavy (non-hydrogen) atoms. The van der Waals surface area contributed by atoms with Crippen molar-refractivity contribution in [2.24, 2.45) is 5.73 Å². The van der Waals surface area contributed by atoms with Crippen LogP contribution in [0.3, 0.4) is 0 Å². The Morgan fingerprint density at radius 3 is 2.94 bits per heavy atom. The van der Waals surface area contributed by atoms with Crippen molar-refractivity contribution in [2.75, 3.05) is 20.2 Å². The van der Waals surface area contributed by atoms with Gasteiger partial charge in [-0.05, 0) is 56.1 Å². The maximum Gasteiger partial charge on any atom is 0.119 e. The molecule has 2 atom stereocenters. The Labute approximate surface area is 103 Å². The Balaban J connectivity index is 2.21. The van der Waals surface area contributed by atoms with E-state index in [1.165, 1.54) is 17.5 Å². The highest BCUT2D eigenvalue weighted by molar-refractivity contribution is 5.38. The number of aryl methyl sites for hydroxylation is 1. The van der Waals surface area contributed by atoms with Gasteiger partial charge in [-0.2, -0.15) is 0 Å². The monoisotopic (exact) mass is 234 g/mol. The van der Waals surface area contributed by atoms with Crippen LogP contribution in [0.4, 0.5) is 0 Å². The lowest BCUT2D eigenvalue weighted by atomic mass is 9.87. The van der Waals surface area contributed by atoms with Crippen molar-refractivity contribution in [3.05, 3.63) is 29.3 Å². The van der Waals surface area contributed by atoms with E-state index in [-0.39, 0.29) is 0 Å². The average Bonchev–Trinajstić information content (AvgIpc) is 2.77. The SMILES string of the molecule is COc1ccc(C2CCNC2CCN)c(C)c1. The van der Waals surface area contributed by atoms with Crippen LogP contribution >= 0.6 is 0 Å². The molecule has 0 saturated carbocycles. The number of benzene rings is 1. The van der Waals surface area contributed by atoms with Crippen LogP contribution in [-0.4, -0.2) is 26.2 Å². The van der Waals surface area contributed by atoms with Crippen molar-refractivity contribution in [2.45, 2.75) is 31.7 Å². The van der Waals surface area contributed by atoms with Gasteiger partial charge in [-0.3, -0.25) is 0 Å².